The molecule has 2 saturated carbocycles. The lowest BCUT2D eigenvalue weighted by molar-refractivity contribution is 0.170. The van der Waals surface area contributed by atoms with E-state index in [2.05, 4.69) is 5.32 Å². The highest BCUT2D eigenvalue weighted by atomic mass is 16.5. The van der Waals surface area contributed by atoms with Gasteiger partial charge < -0.3 is 10.1 Å². The van der Waals surface area contributed by atoms with Crippen LogP contribution in [0.4, 0.5) is 0 Å². The van der Waals surface area contributed by atoms with Crippen molar-refractivity contribution in [2.24, 2.45) is 11.3 Å². The van der Waals surface area contributed by atoms with E-state index < -0.39 is 0 Å². The van der Waals surface area contributed by atoms with Gasteiger partial charge in [-0.3, -0.25) is 0 Å². The molecule has 0 heterocycles. The summed E-state index contributed by atoms with van der Waals surface area (Å²) in [6.45, 7) is 3.42. The molecule has 0 unspecified atom stereocenters. The Kier molecular flexibility index (Phi) is 3.45. The van der Waals surface area contributed by atoms with E-state index in [0.29, 0.717) is 5.41 Å². The molecule has 0 saturated heterocycles. The molecule has 0 aromatic rings. The third-order valence-corrected chi connectivity index (χ3v) is 3.95. The van der Waals surface area contributed by atoms with Crippen LogP contribution in [0.1, 0.15) is 38.5 Å². The Labute approximate surface area is 87.4 Å². The maximum absolute atomic E-state index is 5.15. The molecule has 0 bridgehead atoms. The lowest BCUT2D eigenvalue weighted by atomic mass is 9.85. The van der Waals surface area contributed by atoms with Crippen LogP contribution in [0.15, 0.2) is 0 Å². The van der Waals surface area contributed by atoms with E-state index >= 15 is 0 Å². The molecule has 0 amide bonds. The number of hydrogen-bond acceptors (Lipinski definition) is 2. The number of methoxy groups -OCH3 is 1. The number of nitrogens with one attached hydrogen (secondary N) is 1. The van der Waals surface area contributed by atoms with Crippen LogP contribution in [0.25, 0.3) is 0 Å². The molecule has 2 heteroatoms. The van der Waals surface area contributed by atoms with Crippen molar-refractivity contribution in [3.05, 3.63) is 0 Å². The first-order valence-corrected chi connectivity index (χ1v) is 6.04. The van der Waals surface area contributed by atoms with Gasteiger partial charge in [-0.05, 0) is 50.0 Å². The summed E-state index contributed by atoms with van der Waals surface area (Å²) in [6, 6.07) is 0. The van der Waals surface area contributed by atoms with Gasteiger partial charge in [-0.2, -0.15) is 0 Å². The predicted molar refractivity (Wildman–Crippen MR) is 58.4 cm³/mol. The van der Waals surface area contributed by atoms with E-state index in [1.54, 1.807) is 7.11 Å². The normalized spacial score (nSPS) is 24.6. The fourth-order valence-corrected chi connectivity index (χ4v) is 2.25. The molecule has 0 aliphatic heterocycles. The highest BCUT2D eigenvalue weighted by Gasteiger charge is 2.41. The Morgan fingerprint density at radius 1 is 1.36 bits per heavy atom. The molecular formula is C12H23NO. The first-order valence-electron chi connectivity index (χ1n) is 6.04. The molecule has 2 rings (SSSR count). The van der Waals surface area contributed by atoms with Crippen molar-refractivity contribution in [1.82, 2.24) is 5.32 Å². The molecule has 0 spiro atoms. The largest absolute Gasteiger partial charge is 0.385 e. The lowest BCUT2D eigenvalue weighted by Crippen LogP contribution is -2.32. The number of hydrogen-bond donors (Lipinski definition) is 1. The minimum atomic E-state index is 0.625. The van der Waals surface area contributed by atoms with Crippen molar-refractivity contribution in [3.8, 4) is 0 Å². The zero-order chi connectivity index (χ0) is 9.86. The van der Waals surface area contributed by atoms with E-state index in [1.165, 1.54) is 51.6 Å². The molecule has 14 heavy (non-hydrogen) atoms. The van der Waals surface area contributed by atoms with Gasteiger partial charge in [-0.15, -0.1) is 0 Å². The standard InChI is InChI=1S/C12H23NO/c1-14-8-7-12(5-6-12)10-13-9-11-3-2-4-11/h11,13H,2-10H2,1H3. The van der Waals surface area contributed by atoms with E-state index in [4.69, 9.17) is 4.74 Å². The molecule has 1 N–H and O–H groups in total. The summed E-state index contributed by atoms with van der Waals surface area (Å²) < 4.78 is 5.15. The van der Waals surface area contributed by atoms with Gasteiger partial charge in [0.05, 0.1) is 0 Å². The molecule has 0 aromatic heterocycles. The van der Waals surface area contributed by atoms with Crippen molar-refractivity contribution in [2.75, 3.05) is 26.8 Å². The van der Waals surface area contributed by atoms with Crippen LogP contribution in [0.2, 0.25) is 0 Å². The Morgan fingerprint density at radius 2 is 2.14 bits per heavy atom. The molecule has 2 aliphatic carbocycles. The van der Waals surface area contributed by atoms with Crippen molar-refractivity contribution in [3.63, 3.8) is 0 Å². The smallest absolute Gasteiger partial charge is 0.0468 e. The molecule has 0 atom stereocenters. The molecule has 0 radical (unpaired) electrons. The van der Waals surface area contributed by atoms with Gasteiger partial charge in [0.15, 0.2) is 0 Å². The fourth-order valence-electron chi connectivity index (χ4n) is 2.25. The van der Waals surface area contributed by atoms with Gasteiger partial charge in [-0.1, -0.05) is 6.42 Å². The Balaban J connectivity index is 1.54. The van der Waals surface area contributed by atoms with Gasteiger partial charge >= 0.3 is 0 Å². The van der Waals surface area contributed by atoms with Crippen LogP contribution in [0.5, 0.6) is 0 Å². The maximum Gasteiger partial charge on any atom is 0.0468 e. The van der Waals surface area contributed by atoms with Gasteiger partial charge in [0.2, 0.25) is 0 Å². The third kappa shape index (κ3) is 2.71. The summed E-state index contributed by atoms with van der Waals surface area (Å²) in [5.41, 5.74) is 0.625. The van der Waals surface area contributed by atoms with Crippen molar-refractivity contribution in [1.29, 1.82) is 0 Å². The SMILES string of the molecule is COCCC1(CNCC2CCC2)CC1. The second-order valence-corrected chi connectivity index (χ2v) is 5.17. The van der Waals surface area contributed by atoms with Crippen molar-refractivity contribution in [2.45, 2.75) is 38.5 Å². The Bertz CT molecular complexity index is 173. The van der Waals surface area contributed by atoms with Crippen LogP contribution in [-0.4, -0.2) is 26.8 Å². The molecule has 2 nitrogen and oxygen atoms in total. The average molecular weight is 197 g/mol. The van der Waals surface area contributed by atoms with Gasteiger partial charge in [0.1, 0.15) is 0 Å². The minimum Gasteiger partial charge on any atom is -0.385 e. The monoisotopic (exact) mass is 197 g/mol. The fraction of sp³-hybridized carbons (Fsp3) is 1.00. The minimum absolute atomic E-state index is 0.625. The topological polar surface area (TPSA) is 21.3 Å². The summed E-state index contributed by atoms with van der Waals surface area (Å²) in [5.74, 6) is 0.994. The average Bonchev–Trinajstić information content (AvgIpc) is 2.87. The highest BCUT2D eigenvalue weighted by Crippen LogP contribution is 2.48. The summed E-state index contributed by atoms with van der Waals surface area (Å²) in [5, 5.41) is 3.64. The first kappa shape index (κ1) is 10.4. The van der Waals surface area contributed by atoms with Gasteiger partial charge in [-0.25, -0.2) is 0 Å². The second-order valence-electron chi connectivity index (χ2n) is 5.17. The number of rotatable bonds is 7. The van der Waals surface area contributed by atoms with Crippen molar-refractivity contribution >= 4 is 0 Å². The highest BCUT2D eigenvalue weighted by molar-refractivity contribution is 4.94. The molecule has 82 valence electrons. The quantitative estimate of drug-likeness (QED) is 0.675. The zero-order valence-corrected chi connectivity index (χ0v) is 9.35. The summed E-state index contributed by atoms with van der Waals surface area (Å²) >= 11 is 0. The zero-order valence-electron chi connectivity index (χ0n) is 9.35. The van der Waals surface area contributed by atoms with E-state index in [-0.39, 0.29) is 0 Å². The van der Waals surface area contributed by atoms with E-state index in [0.717, 1.165) is 12.5 Å². The number of ether oxygens (including phenoxy) is 1. The van der Waals surface area contributed by atoms with E-state index in [1.807, 2.05) is 0 Å². The second kappa shape index (κ2) is 4.63. The van der Waals surface area contributed by atoms with Crippen LogP contribution in [-0.2, 0) is 4.74 Å². The molecule has 0 aromatic carbocycles. The molecular weight excluding hydrogens is 174 g/mol. The summed E-state index contributed by atoms with van der Waals surface area (Å²) in [4.78, 5) is 0. The third-order valence-electron chi connectivity index (χ3n) is 3.95. The van der Waals surface area contributed by atoms with Crippen LogP contribution < -0.4 is 5.32 Å². The van der Waals surface area contributed by atoms with Crippen LogP contribution in [0.3, 0.4) is 0 Å². The molecule has 2 aliphatic rings. The van der Waals surface area contributed by atoms with Crippen molar-refractivity contribution < 1.29 is 4.74 Å². The van der Waals surface area contributed by atoms with E-state index in [9.17, 15) is 0 Å². The first-order chi connectivity index (χ1) is 6.85. The Hall–Kier alpha value is -0.0800. The lowest BCUT2D eigenvalue weighted by Gasteiger charge is -2.26. The van der Waals surface area contributed by atoms with Crippen LogP contribution in [0, 0.1) is 11.3 Å². The van der Waals surface area contributed by atoms with Gasteiger partial charge in [0.25, 0.3) is 0 Å². The maximum atomic E-state index is 5.15. The summed E-state index contributed by atoms with van der Waals surface area (Å²) in [7, 11) is 1.80. The van der Waals surface area contributed by atoms with Gasteiger partial charge in [0, 0.05) is 20.3 Å². The summed E-state index contributed by atoms with van der Waals surface area (Å²) in [6.07, 6.45) is 8.44. The Morgan fingerprint density at radius 3 is 2.64 bits per heavy atom. The molecule has 2 fully saturated rings. The van der Waals surface area contributed by atoms with Crippen LogP contribution >= 0.6 is 0 Å². The predicted octanol–water partition coefficient (Wildman–Crippen LogP) is 2.19.